The Hall–Kier alpha value is -0.470. The minimum absolute atomic E-state index is 0.0115. The fraction of sp³-hybridized carbons (Fsp3) is 0.615. The van der Waals surface area contributed by atoms with Crippen LogP contribution in [0.15, 0.2) is 16.7 Å². The van der Waals surface area contributed by atoms with E-state index in [0.29, 0.717) is 24.1 Å². The number of aromatic nitrogens is 1. The Morgan fingerprint density at radius 3 is 2.52 bits per heavy atom. The largest absolute Gasteiger partial charge is 0.419 e. The van der Waals surface area contributed by atoms with Crippen molar-refractivity contribution >= 4 is 33.5 Å². The van der Waals surface area contributed by atoms with Crippen LogP contribution in [0.1, 0.15) is 18.4 Å². The highest BCUT2D eigenvalue weighted by molar-refractivity contribution is 9.10. The monoisotopic (exact) mass is 383 g/mol. The highest BCUT2D eigenvalue weighted by Crippen LogP contribution is 2.40. The number of hydrogen-bond donors (Lipinski definition) is 1. The van der Waals surface area contributed by atoms with E-state index in [4.69, 9.17) is 5.73 Å². The third kappa shape index (κ3) is 3.65. The lowest BCUT2D eigenvalue weighted by Crippen LogP contribution is -2.47. The topological polar surface area (TPSA) is 42.1 Å². The van der Waals surface area contributed by atoms with E-state index >= 15 is 0 Å². The molecule has 2 heterocycles. The van der Waals surface area contributed by atoms with Crippen molar-refractivity contribution in [3.63, 3.8) is 0 Å². The Kier molecular flexibility index (Phi) is 5.10. The second-order valence-electron chi connectivity index (χ2n) is 5.10. The van der Waals surface area contributed by atoms with Crippen LogP contribution < -0.4 is 10.6 Å². The summed E-state index contributed by atoms with van der Waals surface area (Å²) in [4.78, 5) is 5.70. The van der Waals surface area contributed by atoms with Crippen LogP contribution in [-0.4, -0.2) is 35.6 Å². The van der Waals surface area contributed by atoms with Crippen molar-refractivity contribution < 1.29 is 13.2 Å². The summed E-state index contributed by atoms with van der Waals surface area (Å²) in [6, 6.07) is 1.09. The van der Waals surface area contributed by atoms with Gasteiger partial charge >= 0.3 is 6.18 Å². The number of alkyl halides is 3. The molecule has 3 nitrogen and oxygen atoms in total. The van der Waals surface area contributed by atoms with Gasteiger partial charge in [-0.3, -0.25) is 0 Å². The average Bonchev–Trinajstić information content (AvgIpc) is 2.46. The molecule has 1 aromatic heterocycles. The second-order valence-corrected chi connectivity index (χ2v) is 7.29. The van der Waals surface area contributed by atoms with Crippen molar-refractivity contribution in [2.24, 2.45) is 5.73 Å². The minimum Gasteiger partial charge on any atom is -0.356 e. The molecule has 1 saturated heterocycles. The van der Waals surface area contributed by atoms with Crippen molar-refractivity contribution in [1.29, 1.82) is 0 Å². The van der Waals surface area contributed by atoms with Crippen LogP contribution in [0.4, 0.5) is 19.0 Å². The number of nitrogens with zero attached hydrogens (tertiary/aromatic N) is 2. The summed E-state index contributed by atoms with van der Waals surface area (Å²) >= 11 is 4.75. The number of nitrogens with two attached hydrogens (primary N) is 1. The first-order chi connectivity index (χ1) is 9.81. The first kappa shape index (κ1) is 16.9. The molecule has 0 aromatic carbocycles. The maximum Gasteiger partial charge on any atom is 0.419 e. The molecule has 2 N–H and O–H groups in total. The van der Waals surface area contributed by atoms with E-state index in [9.17, 15) is 13.2 Å². The Bertz CT molecular complexity index is 496. The zero-order valence-corrected chi connectivity index (χ0v) is 14.0. The highest BCUT2D eigenvalue weighted by Gasteiger charge is 2.39. The predicted molar refractivity (Wildman–Crippen MR) is 83.7 cm³/mol. The molecular formula is C13H17BrF3N3S. The molecule has 1 aromatic rings. The van der Waals surface area contributed by atoms with Crippen LogP contribution in [0.2, 0.25) is 0 Å². The summed E-state index contributed by atoms with van der Waals surface area (Å²) in [6.45, 7) is 1.62. The number of rotatable bonds is 3. The van der Waals surface area contributed by atoms with Crippen molar-refractivity contribution in [1.82, 2.24) is 4.98 Å². The van der Waals surface area contributed by atoms with Crippen LogP contribution in [0.25, 0.3) is 0 Å². The fourth-order valence-electron chi connectivity index (χ4n) is 2.51. The molecule has 0 aliphatic carbocycles. The molecule has 1 fully saturated rings. The second kappa shape index (κ2) is 6.34. The van der Waals surface area contributed by atoms with Gasteiger partial charge in [0.1, 0.15) is 5.82 Å². The molecule has 0 atom stereocenters. The molecule has 0 amide bonds. The SMILES string of the molecule is CSC1(CN)CCN(c2ncc(Br)cc2C(F)(F)F)CC1. The molecule has 1 aliphatic rings. The van der Waals surface area contributed by atoms with Crippen molar-refractivity contribution in [3.8, 4) is 0 Å². The zero-order valence-electron chi connectivity index (χ0n) is 11.6. The van der Waals surface area contributed by atoms with Gasteiger partial charge < -0.3 is 10.6 Å². The van der Waals surface area contributed by atoms with E-state index in [0.717, 1.165) is 18.9 Å². The molecule has 0 bridgehead atoms. The third-order valence-electron chi connectivity index (χ3n) is 3.92. The van der Waals surface area contributed by atoms with E-state index in [2.05, 4.69) is 20.9 Å². The molecular weight excluding hydrogens is 367 g/mol. The summed E-state index contributed by atoms with van der Waals surface area (Å²) in [6.07, 6.45) is 0.527. The Morgan fingerprint density at radius 2 is 2.05 bits per heavy atom. The van der Waals surface area contributed by atoms with Gasteiger partial charge in [-0.2, -0.15) is 24.9 Å². The first-order valence-electron chi connectivity index (χ1n) is 6.54. The molecule has 0 spiro atoms. The fourth-order valence-corrected chi connectivity index (χ4v) is 3.60. The number of piperidine rings is 1. The van der Waals surface area contributed by atoms with Crippen LogP contribution in [0.3, 0.4) is 0 Å². The number of thioether (sulfide) groups is 1. The normalized spacial score (nSPS) is 18.9. The van der Waals surface area contributed by atoms with Gasteiger partial charge in [0.2, 0.25) is 0 Å². The van der Waals surface area contributed by atoms with Gasteiger partial charge in [0, 0.05) is 35.1 Å². The van der Waals surface area contributed by atoms with Crippen LogP contribution in [0, 0.1) is 0 Å². The first-order valence-corrected chi connectivity index (χ1v) is 8.56. The van der Waals surface area contributed by atoms with Gasteiger partial charge in [-0.05, 0) is 41.1 Å². The quantitative estimate of drug-likeness (QED) is 0.866. The highest BCUT2D eigenvalue weighted by atomic mass is 79.9. The van der Waals surface area contributed by atoms with Crippen LogP contribution >= 0.6 is 27.7 Å². The van der Waals surface area contributed by atoms with E-state index in [1.54, 1.807) is 16.7 Å². The number of hydrogen-bond acceptors (Lipinski definition) is 4. The summed E-state index contributed by atoms with van der Waals surface area (Å²) in [5.74, 6) is 0.0115. The standard InChI is InChI=1S/C13H17BrF3N3S/c1-21-12(8-18)2-4-20(5-3-12)11-10(13(15,16)17)6-9(14)7-19-11/h6-7H,2-5,8,18H2,1H3. The van der Waals surface area contributed by atoms with Gasteiger partial charge in [0.05, 0.1) is 5.56 Å². The van der Waals surface area contributed by atoms with Gasteiger partial charge in [-0.1, -0.05) is 0 Å². The van der Waals surface area contributed by atoms with Crippen molar-refractivity contribution in [2.75, 3.05) is 30.8 Å². The van der Waals surface area contributed by atoms with E-state index < -0.39 is 11.7 Å². The van der Waals surface area contributed by atoms with E-state index in [1.165, 1.54) is 6.20 Å². The molecule has 1 aliphatic heterocycles. The Morgan fingerprint density at radius 1 is 1.43 bits per heavy atom. The summed E-state index contributed by atoms with van der Waals surface area (Å²) < 4.78 is 39.8. The number of anilines is 1. The predicted octanol–water partition coefficient (Wildman–Crippen LogP) is 3.52. The van der Waals surface area contributed by atoms with Gasteiger partial charge in [-0.15, -0.1) is 0 Å². The van der Waals surface area contributed by atoms with E-state index in [-0.39, 0.29) is 10.6 Å². The van der Waals surface area contributed by atoms with Gasteiger partial charge in [0.15, 0.2) is 0 Å². The molecule has 0 saturated carbocycles. The molecule has 118 valence electrons. The summed E-state index contributed by atoms with van der Waals surface area (Å²) in [5, 5.41) is 0. The minimum atomic E-state index is -4.41. The maximum absolute atomic E-state index is 13.2. The van der Waals surface area contributed by atoms with Crippen molar-refractivity contribution in [2.45, 2.75) is 23.8 Å². The summed E-state index contributed by atoms with van der Waals surface area (Å²) in [7, 11) is 0. The smallest absolute Gasteiger partial charge is 0.356 e. The lowest BCUT2D eigenvalue weighted by molar-refractivity contribution is -0.137. The molecule has 2 rings (SSSR count). The van der Waals surface area contributed by atoms with Crippen LogP contribution in [0.5, 0.6) is 0 Å². The Labute approximate surface area is 134 Å². The average molecular weight is 384 g/mol. The maximum atomic E-state index is 13.2. The summed E-state index contributed by atoms with van der Waals surface area (Å²) in [5.41, 5.74) is 5.12. The van der Waals surface area contributed by atoms with Crippen molar-refractivity contribution in [3.05, 3.63) is 22.3 Å². The lowest BCUT2D eigenvalue weighted by atomic mass is 9.95. The number of halogens is 4. The molecule has 21 heavy (non-hydrogen) atoms. The number of pyridine rings is 1. The molecule has 0 unspecified atom stereocenters. The lowest BCUT2D eigenvalue weighted by Gasteiger charge is -2.41. The van der Waals surface area contributed by atoms with Crippen LogP contribution in [-0.2, 0) is 6.18 Å². The Balaban J connectivity index is 2.25. The van der Waals surface area contributed by atoms with Gasteiger partial charge in [0.25, 0.3) is 0 Å². The molecule has 8 heteroatoms. The van der Waals surface area contributed by atoms with Gasteiger partial charge in [-0.25, -0.2) is 4.98 Å². The molecule has 0 radical (unpaired) electrons. The zero-order chi connectivity index (χ0) is 15.7. The third-order valence-corrected chi connectivity index (χ3v) is 5.79. The van der Waals surface area contributed by atoms with E-state index in [1.807, 2.05) is 6.26 Å².